The van der Waals surface area contributed by atoms with E-state index in [1.807, 2.05) is 24.3 Å². The van der Waals surface area contributed by atoms with Gasteiger partial charge >= 0.3 is 41.8 Å². The van der Waals surface area contributed by atoms with Gasteiger partial charge in [0, 0.05) is 75.4 Å². The molecule has 0 radical (unpaired) electrons. The van der Waals surface area contributed by atoms with Crippen molar-refractivity contribution in [3.05, 3.63) is 69.7 Å². The molecule has 0 fully saturated rings. The smallest absolute Gasteiger partial charge is 0.326 e. The highest BCUT2D eigenvalue weighted by molar-refractivity contribution is 9.10. The molecule has 2 rings (SSSR count). The summed E-state index contributed by atoms with van der Waals surface area (Å²) in [6.45, 7) is 0.852. The van der Waals surface area contributed by atoms with Gasteiger partial charge in [-0.25, -0.2) is 14.4 Å². The number of nitrogens with one attached hydrogen (secondary N) is 5. The molecule has 0 saturated carbocycles. The van der Waals surface area contributed by atoms with E-state index in [0.29, 0.717) is 17.5 Å². The van der Waals surface area contributed by atoms with Crippen molar-refractivity contribution in [2.45, 2.75) is 57.3 Å². The topological polar surface area (TPSA) is 345 Å². The average Bonchev–Trinajstić information content (AvgIpc) is 3.24. The van der Waals surface area contributed by atoms with Gasteiger partial charge in [0.15, 0.2) is 0 Å². The fourth-order valence-electron chi connectivity index (χ4n) is 6.14. The predicted molar refractivity (Wildman–Crippen MR) is 234 cm³/mol. The van der Waals surface area contributed by atoms with E-state index in [4.69, 9.17) is 15.3 Å². The summed E-state index contributed by atoms with van der Waals surface area (Å²) in [5, 5.41) is 67.6. The molecule has 2 atom stereocenters. The van der Waals surface area contributed by atoms with Gasteiger partial charge in [0.2, 0.25) is 5.91 Å². The van der Waals surface area contributed by atoms with Gasteiger partial charge in [0.25, 0.3) is 5.91 Å². The highest BCUT2D eigenvalue weighted by Gasteiger charge is 2.25. The van der Waals surface area contributed by atoms with Crippen LogP contribution >= 0.6 is 15.9 Å². The first kappa shape index (κ1) is 54.9. The van der Waals surface area contributed by atoms with Crippen molar-refractivity contribution in [1.82, 2.24) is 41.3 Å². The van der Waals surface area contributed by atoms with Crippen LogP contribution in [0.5, 0.6) is 0 Å². The minimum Gasteiger partial charge on any atom is -0.481 e. The minimum atomic E-state index is -1.55. The lowest BCUT2D eigenvalue weighted by Crippen LogP contribution is -2.51. The number of halogens is 1. The fraction of sp³-hybridized carbons (Fsp3) is 0.488. The van der Waals surface area contributed by atoms with E-state index in [0.717, 1.165) is 10.0 Å². The van der Waals surface area contributed by atoms with Crippen LogP contribution in [0.2, 0.25) is 0 Å². The van der Waals surface area contributed by atoms with E-state index >= 15 is 0 Å². The number of amides is 4. The van der Waals surface area contributed by atoms with E-state index in [-0.39, 0.29) is 110 Å². The van der Waals surface area contributed by atoms with Crippen LogP contribution in [0, 0.1) is 0 Å². The highest BCUT2D eigenvalue weighted by Crippen LogP contribution is 2.16. The Morgan fingerprint density at radius 2 is 1.09 bits per heavy atom. The molecular formula is C41H57BrN8O15. The maximum Gasteiger partial charge on any atom is 0.326 e. The van der Waals surface area contributed by atoms with Crippen molar-refractivity contribution in [2.24, 2.45) is 0 Å². The summed E-state index contributed by atoms with van der Waals surface area (Å²) < 4.78 is 0.831. The van der Waals surface area contributed by atoms with Crippen LogP contribution < -0.4 is 26.6 Å². The van der Waals surface area contributed by atoms with E-state index < -0.39 is 66.8 Å². The number of carbonyl (C=O) groups is 9. The van der Waals surface area contributed by atoms with Crippen molar-refractivity contribution < 1.29 is 73.8 Å². The number of unbranched alkanes of at least 4 members (excludes halogenated alkanes) is 1. The lowest BCUT2D eigenvalue weighted by atomic mass is 10.1. The van der Waals surface area contributed by atoms with Crippen LogP contribution in [0.3, 0.4) is 0 Å². The molecule has 65 heavy (non-hydrogen) atoms. The van der Waals surface area contributed by atoms with Crippen molar-refractivity contribution in [3.63, 3.8) is 0 Å². The van der Waals surface area contributed by atoms with Crippen LogP contribution in [0.4, 0.5) is 4.79 Å². The molecule has 0 saturated heterocycles. The molecule has 0 heterocycles. The lowest BCUT2D eigenvalue weighted by molar-refractivity contribution is -0.141. The number of rotatable bonds is 34. The molecule has 358 valence electrons. The Kier molecular flexibility index (Phi) is 25.4. The van der Waals surface area contributed by atoms with Crippen LogP contribution in [-0.2, 0) is 46.7 Å². The summed E-state index contributed by atoms with van der Waals surface area (Å²) >= 11 is 3.39. The summed E-state index contributed by atoms with van der Waals surface area (Å²) in [6, 6.07) is 9.82. The molecule has 0 aliphatic heterocycles. The zero-order valence-electron chi connectivity index (χ0n) is 35.6. The number of aliphatic carboxylic acids is 6. The maximum absolute atomic E-state index is 13.9. The van der Waals surface area contributed by atoms with Gasteiger partial charge in [-0.2, -0.15) is 0 Å². The third-order valence-electron chi connectivity index (χ3n) is 9.51. The molecule has 0 aromatic heterocycles. The molecular weight excluding hydrogens is 924 g/mol. The molecule has 0 bridgehead atoms. The van der Waals surface area contributed by atoms with Gasteiger partial charge in [0.05, 0.1) is 26.2 Å². The van der Waals surface area contributed by atoms with Gasteiger partial charge < -0.3 is 62.1 Å². The molecule has 0 spiro atoms. The Bertz CT molecular complexity index is 1910. The second kappa shape index (κ2) is 30.0. The highest BCUT2D eigenvalue weighted by atomic mass is 79.9. The predicted octanol–water partition coefficient (Wildman–Crippen LogP) is -0.0146. The lowest BCUT2D eigenvalue weighted by Gasteiger charge is -2.26. The number of hydrogen-bond acceptors (Lipinski definition) is 13. The molecule has 0 aliphatic rings. The Morgan fingerprint density at radius 3 is 1.60 bits per heavy atom. The summed E-state index contributed by atoms with van der Waals surface area (Å²) in [5.41, 5.74) is 1.81. The van der Waals surface area contributed by atoms with E-state index in [2.05, 4.69) is 42.5 Å². The Hall–Kier alpha value is -6.21. The largest absolute Gasteiger partial charge is 0.481 e. The first-order valence-electron chi connectivity index (χ1n) is 20.5. The normalized spacial score (nSPS) is 11.9. The van der Waals surface area contributed by atoms with Crippen molar-refractivity contribution >= 4 is 69.6 Å². The number of carbonyl (C=O) groups excluding carboxylic acids is 3. The Balaban J connectivity index is 2.06. The van der Waals surface area contributed by atoms with Gasteiger partial charge in [0.1, 0.15) is 12.1 Å². The zero-order chi connectivity index (χ0) is 48.3. The van der Waals surface area contributed by atoms with Crippen LogP contribution in [0.15, 0.2) is 53.0 Å². The Labute approximate surface area is 382 Å². The van der Waals surface area contributed by atoms with Crippen molar-refractivity contribution in [1.29, 1.82) is 0 Å². The van der Waals surface area contributed by atoms with Crippen molar-refractivity contribution in [2.75, 3.05) is 72.0 Å². The molecule has 2 aromatic carbocycles. The molecule has 4 amide bonds. The van der Waals surface area contributed by atoms with Gasteiger partial charge in [-0.1, -0.05) is 40.2 Å². The molecule has 0 unspecified atom stereocenters. The summed E-state index contributed by atoms with van der Waals surface area (Å²) in [7, 11) is 0. The van der Waals surface area contributed by atoms with E-state index in [1.54, 1.807) is 39.0 Å². The first-order valence-corrected chi connectivity index (χ1v) is 21.3. The minimum absolute atomic E-state index is 0.0627. The Morgan fingerprint density at radius 1 is 0.569 bits per heavy atom. The van der Waals surface area contributed by atoms with Crippen LogP contribution in [-0.4, -0.2) is 183 Å². The summed E-state index contributed by atoms with van der Waals surface area (Å²) in [4.78, 5) is 112. The zero-order valence-corrected chi connectivity index (χ0v) is 37.2. The van der Waals surface area contributed by atoms with Crippen molar-refractivity contribution in [3.8, 4) is 0 Å². The van der Waals surface area contributed by atoms with Crippen LogP contribution in [0.1, 0.15) is 53.6 Å². The number of carboxylic acid groups (broad SMARTS) is 6. The van der Waals surface area contributed by atoms with Crippen LogP contribution in [0.25, 0.3) is 0 Å². The SMILES string of the molecule is O=C(O)CC[C@@H](NC(=O)N[C@H](CCCCN(Cc1ccc(Br)cc1)C(=O)c1ccc(CNC(=O)CN(CCNCC(=O)O)CCN(CCNCC(=O)O)CC(=O)O)cc1)C(=O)O)C(=O)O. The quantitative estimate of drug-likeness (QED) is 0.0411. The standard InChI is InChI=1S/C41H57BrN8O15/c42-30-10-6-28(7-11-30)24-50(16-2-1-3-31(39(61)62)46-41(65)47-32(40(63)64)12-13-34(52)53)38(60)29-8-4-27(5-9-29)21-45-33(51)25-48(17-14-43-22-35(54)55)19-20-49(26-37(58)59)18-15-44-23-36(56)57/h4-11,31-32,43-44H,1-3,12-26H2,(H,45,51)(H,52,53)(H,54,55)(H,56,57)(H,58,59)(H,61,62)(H,63,64)(H2,46,47,65)/t31-,32-/m1/s1. The van der Waals surface area contributed by atoms with Gasteiger partial charge in [-0.05, 0) is 61.1 Å². The first-order chi connectivity index (χ1) is 30.8. The monoisotopic (exact) mass is 980 g/mol. The molecule has 11 N–H and O–H groups in total. The van der Waals surface area contributed by atoms with E-state index in [9.17, 15) is 58.5 Å². The molecule has 0 aliphatic carbocycles. The van der Waals surface area contributed by atoms with Gasteiger partial charge in [-0.15, -0.1) is 0 Å². The second-order valence-corrected chi connectivity index (χ2v) is 15.7. The molecule has 24 heteroatoms. The molecule has 2 aromatic rings. The number of carboxylic acids is 6. The maximum atomic E-state index is 13.9. The second-order valence-electron chi connectivity index (χ2n) is 14.7. The number of nitrogens with zero attached hydrogens (tertiary/aromatic N) is 3. The fourth-order valence-corrected chi connectivity index (χ4v) is 6.41. The van der Waals surface area contributed by atoms with E-state index in [1.165, 1.54) is 0 Å². The van der Waals surface area contributed by atoms with Gasteiger partial charge in [-0.3, -0.25) is 38.6 Å². The summed E-state index contributed by atoms with van der Waals surface area (Å²) in [6.07, 6.45) is -0.437. The number of urea groups is 1. The number of benzene rings is 2. The average molecular weight is 982 g/mol. The number of hydrogen-bond donors (Lipinski definition) is 11. The molecule has 23 nitrogen and oxygen atoms in total. The summed E-state index contributed by atoms with van der Waals surface area (Å²) in [5.74, 6) is -8.04. The third kappa shape index (κ3) is 24.4. The third-order valence-corrected chi connectivity index (χ3v) is 10.0.